The van der Waals surface area contributed by atoms with E-state index >= 15 is 0 Å². The third kappa shape index (κ3) is 7.38. The minimum Gasteiger partial charge on any atom is -0.456 e. The van der Waals surface area contributed by atoms with Gasteiger partial charge in [-0.1, -0.05) is 90.4 Å². The number of benzene rings is 2. The van der Waals surface area contributed by atoms with Crippen molar-refractivity contribution in [3.63, 3.8) is 0 Å². The molecule has 59 heavy (non-hydrogen) atoms. The molecule has 15 heteroatoms. The van der Waals surface area contributed by atoms with Crippen molar-refractivity contribution < 1.29 is 63.3 Å². The molecule has 13 atom stereocenters. The number of amides is 1. The second-order valence-electron chi connectivity index (χ2n) is 17.4. The minimum atomic E-state index is -2.12. The van der Waals surface area contributed by atoms with Gasteiger partial charge < -0.3 is 49.4 Å². The second-order valence-corrected chi connectivity index (χ2v) is 19.0. The highest BCUT2D eigenvalue weighted by Crippen LogP contribution is 2.64. The summed E-state index contributed by atoms with van der Waals surface area (Å²) in [5, 5.41) is 52.2. The lowest BCUT2D eigenvalue weighted by Gasteiger charge is -2.67. The van der Waals surface area contributed by atoms with Gasteiger partial charge in [0, 0.05) is 38.2 Å². The average Bonchev–Trinajstić information content (AvgIpc) is 3.19. The summed E-state index contributed by atoms with van der Waals surface area (Å²) in [5.74, 6) is -4.52. The standard InChI is InChI=1S/C44H56BrNO13/c1-23-28(58-38(52)34(50)32(27-17-13-10-14-18-27)46-39(53)42(7,45)24(2)55-8)20-44(54)37(56-21-26-15-11-9-12-16-26)35-41(6,36(51)33(49)31(23)40(44,4)5)29(48)19-30-43(35,22-57-30)59-25(3)47/h9-18,24,28-30,32-35,37,48-50,54H,19-22H2,1-8H3,(H,46,53)/t24-,28-,29-,30?,32-,33+,34+,35-,37-,41+,42-,43-,44+/m0/s1. The molecule has 5 N–H and O–H groups in total. The van der Waals surface area contributed by atoms with Crippen LogP contribution in [-0.2, 0) is 49.5 Å². The molecule has 6 rings (SSSR count). The maximum Gasteiger partial charge on any atom is 0.338 e. The third-order valence-electron chi connectivity index (χ3n) is 13.8. The Bertz CT molecular complexity index is 1960. The van der Waals surface area contributed by atoms with Gasteiger partial charge in [-0.25, -0.2) is 4.79 Å². The molecule has 14 nitrogen and oxygen atoms in total. The van der Waals surface area contributed by atoms with E-state index < -0.39 is 105 Å². The van der Waals surface area contributed by atoms with E-state index in [0.717, 1.165) is 0 Å². The highest BCUT2D eigenvalue weighted by Gasteiger charge is 2.77. The zero-order chi connectivity index (χ0) is 43.5. The lowest BCUT2D eigenvalue weighted by atomic mass is 9.44. The van der Waals surface area contributed by atoms with Gasteiger partial charge in [-0.2, -0.15) is 0 Å². The number of esters is 2. The van der Waals surface area contributed by atoms with Crippen LogP contribution in [0.2, 0.25) is 0 Å². The predicted molar refractivity (Wildman–Crippen MR) is 216 cm³/mol. The summed E-state index contributed by atoms with van der Waals surface area (Å²) in [6.45, 7) is 10.6. The number of methoxy groups -OCH3 is 1. The lowest BCUT2D eigenvalue weighted by Crippen LogP contribution is -2.81. The van der Waals surface area contributed by atoms with Gasteiger partial charge in [0.2, 0.25) is 5.91 Å². The average molecular weight is 887 g/mol. The number of ether oxygens (including phenoxy) is 5. The summed E-state index contributed by atoms with van der Waals surface area (Å²) in [7, 11) is 1.45. The first-order valence-corrected chi connectivity index (χ1v) is 20.7. The lowest BCUT2D eigenvalue weighted by molar-refractivity contribution is -0.351. The van der Waals surface area contributed by atoms with Crippen molar-refractivity contribution in [2.45, 2.75) is 132 Å². The van der Waals surface area contributed by atoms with Crippen molar-refractivity contribution in [3.8, 4) is 0 Å². The number of carbonyl (C=O) groups excluding carboxylic acids is 4. The Balaban J connectivity index is 1.46. The molecule has 1 amide bonds. The highest BCUT2D eigenvalue weighted by molar-refractivity contribution is 9.10. The molecule has 2 aromatic carbocycles. The maximum absolute atomic E-state index is 15.0. The van der Waals surface area contributed by atoms with E-state index in [1.54, 1.807) is 65.0 Å². The Morgan fingerprint density at radius 2 is 1.66 bits per heavy atom. The molecule has 3 aliphatic carbocycles. The zero-order valence-corrected chi connectivity index (χ0v) is 36.2. The van der Waals surface area contributed by atoms with Crippen LogP contribution in [0, 0.1) is 16.7 Å². The summed E-state index contributed by atoms with van der Waals surface area (Å²) in [6.07, 6.45) is -10.1. The molecular weight excluding hydrogens is 830 g/mol. The van der Waals surface area contributed by atoms with E-state index in [0.29, 0.717) is 11.1 Å². The normalized spacial score (nSPS) is 34.9. The predicted octanol–water partition coefficient (Wildman–Crippen LogP) is 3.40. The molecule has 0 spiro atoms. The number of alkyl halides is 1. The second kappa shape index (κ2) is 16.4. The van der Waals surface area contributed by atoms with Gasteiger partial charge in [-0.15, -0.1) is 0 Å². The maximum atomic E-state index is 15.0. The summed E-state index contributed by atoms with van der Waals surface area (Å²) in [6, 6.07) is 16.1. The zero-order valence-electron chi connectivity index (χ0n) is 34.6. The van der Waals surface area contributed by atoms with Crippen molar-refractivity contribution >= 4 is 39.6 Å². The van der Waals surface area contributed by atoms with Crippen LogP contribution < -0.4 is 5.32 Å². The Labute approximate surface area is 352 Å². The fourth-order valence-corrected chi connectivity index (χ4v) is 10.2. The van der Waals surface area contributed by atoms with Crippen molar-refractivity contribution in [2.24, 2.45) is 16.7 Å². The molecule has 2 saturated carbocycles. The molecule has 0 radical (unpaired) electrons. The number of aliphatic hydroxyl groups excluding tert-OH is 3. The van der Waals surface area contributed by atoms with Crippen LogP contribution in [0.5, 0.6) is 0 Å². The Kier molecular flexibility index (Phi) is 12.5. The minimum absolute atomic E-state index is 0.0498. The molecule has 1 unspecified atom stereocenters. The van der Waals surface area contributed by atoms with Crippen LogP contribution in [-0.4, -0.2) is 116 Å². The van der Waals surface area contributed by atoms with Gasteiger partial charge in [-0.3, -0.25) is 14.4 Å². The number of hydrogen-bond acceptors (Lipinski definition) is 13. The van der Waals surface area contributed by atoms with Gasteiger partial charge in [0.05, 0.1) is 43.0 Å². The fraction of sp³-hybridized carbons (Fsp3) is 0.591. The summed E-state index contributed by atoms with van der Waals surface area (Å²) < 4.78 is 29.0. The summed E-state index contributed by atoms with van der Waals surface area (Å²) >= 11 is 3.43. The molecule has 2 aromatic rings. The fourth-order valence-electron chi connectivity index (χ4n) is 9.88. The summed E-state index contributed by atoms with van der Waals surface area (Å²) in [5.41, 5.74) is -5.61. The largest absolute Gasteiger partial charge is 0.456 e. The van der Waals surface area contributed by atoms with Gasteiger partial charge in [0.15, 0.2) is 17.5 Å². The quantitative estimate of drug-likeness (QED) is 0.118. The van der Waals surface area contributed by atoms with Gasteiger partial charge >= 0.3 is 11.9 Å². The monoisotopic (exact) mass is 885 g/mol. The number of nitrogens with one attached hydrogen (secondary N) is 1. The number of carbonyl (C=O) groups is 4. The Morgan fingerprint density at radius 3 is 2.22 bits per heavy atom. The first kappa shape index (κ1) is 45.0. The van der Waals surface area contributed by atoms with Crippen molar-refractivity contribution in [2.75, 3.05) is 13.7 Å². The highest BCUT2D eigenvalue weighted by atomic mass is 79.9. The van der Waals surface area contributed by atoms with Crippen molar-refractivity contribution in [1.29, 1.82) is 0 Å². The Hall–Kier alpha value is -3.54. The molecule has 0 aromatic heterocycles. The molecular formula is C44H56BrNO13. The topological polar surface area (TPSA) is 207 Å². The van der Waals surface area contributed by atoms with Gasteiger partial charge in [0.25, 0.3) is 0 Å². The summed E-state index contributed by atoms with van der Waals surface area (Å²) in [4.78, 5) is 55.7. The van der Waals surface area contributed by atoms with Crippen LogP contribution in [0.15, 0.2) is 71.8 Å². The molecule has 322 valence electrons. The van der Waals surface area contributed by atoms with E-state index in [1.807, 2.05) is 30.3 Å². The van der Waals surface area contributed by atoms with Crippen LogP contribution in [0.1, 0.15) is 78.5 Å². The third-order valence-corrected chi connectivity index (χ3v) is 14.8. The van der Waals surface area contributed by atoms with E-state index in [-0.39, 0.29) is 37.2 Å². The number of halogens is 1. The molecule has 3 fully saturated rings. The van der Waals surface area contributed by atoms with Crippen LogP contribution in [0.4, 0.5) is 0 Å². The van der Waals surface area contributed by atoms with Crippen LogP contribution >= 0.6 is 15.9 Å². The number of rotatable bonds is 12. The molecule has 1 saturated heterocycles. The molecule has 1 aliphatic heterocycles. The Morgan fingerprint density at radius 1 is 1.05 bits per heavy atom. The molecule has 2 bridgehead atoms. The number of ketones is 1. The van der Waals surface area contributed by atoms with Crippen LogP contribution in [0.3, 0.4) is 0 Å². The van der Waals surface area contributed by atoms with E-state index in [1.165, 1.54) is 21.0 Å². The molecule has 1 heterocycles. The van der Waals surface area contributed by atoms with Gasteiger partial charge in [0.1, 0.15) is 28.2 Å². The van der Waals surface area contributed by atoms with Gasteiger partial charge in [-0.05, 0) is 50.0 Å². The first-order chi connectivity index (χ1) is 27.6. The van der Waals surface area contributed by atoms with E-state index in [2.05, 4.69) is 21.2 Å². The number of fused-ring (bicyclic) bond motifs is 5. The number of aliphatic hydroxyl groups is 4. The SMILES string of the molecule is CO[C@@H](C)[C@](C)(Br)C(=O)N[C@@H](c1ccccc1)[C@@H](O)C(=O)O[C@H]1C[C@@]2(O)[C@@H](OCc3ccccc3)[C@H]3[C@](C)(C(=O)[C@H](O)C(=C1C)C2(C)C)[C@@H](O)CC1OC[C@]13OC(C)=O. The number of hydrogen-bond donors (Lipinski definition) is 5. The number of Topliss-reactive ketones (excluding diaryl/α,β-unsaturated/α-hetero) is 1. The van der Waals surface area contributed by atoms with E-state index in [4.69, 9.17) is 23.7 Å². The first-order valence-electron chi connectivity index (χ1n) is 19.9. The van der Waals surface area contributed by atoms with E-state index in [9.17, 15) is 39.6 Å². The van der Waals surface area contributed by atoms with Crippen LogP contribution in [0.25, 0.3) is 0 Å². The smallest absolute Gasteiger partial charge is 0.338 e. The van der Waals surface area contributed by atoms with Crippen molar-refractivity contribution in [3.05, 3.63) is 82.9 Å². The van der Waals surface area contributed by atoms with Crippen molar-refractivity contribution in [1.82, 2.24) is 5.32 Å². The molecule has 4 aliphatic rings.